The van der Waals surface area contributed by atoms with Crippen LogP contribution in [0.15, 0.2) is 36.4 Å². The minimum atomic E-state index is -0.513. The van der Waals surface area contributed by atoms with Gasteiger partial charge in [0.15, 0.2) is 5.82 Å². The van der Waals surface area contributed by atoms with E-state index in [2.05, 4.69) is 15.3 Å². The third-order valence-electron chi connectivity index (χ3n) is 2.86. The molecule has 0 radical (unpaired) electrons. The Morgan fingerprint density at radius 2 is 1.90 bits per heavy atom. The Hall–Kier alpha value is -2.63. The Balaban J connectivity index is 2.30. The first kappa shape index (κ1) is 14.8. The van der Waals surface area contributed by atoms with Gasteiger partial charge in [0.2, 0.25) is 5.91 Å². The molecule has 0 aliphatic heterocycles. The van der Waals surface area contributed by atoms with Crippen molar-refractivity contribution in [3.8, 4) is 11.4 Å². The van der Waals surface area contributed by atoms with Gasteiger partial charge in [-0.3, -0.25) is 4.79 Å². The number of carbonyl (C=O) groups is 1. The van der Waals surface area contributed by atoms with Crippen LogP contribution in [-0.2, 0) is 4.79 Å². The number of nitrogens with zero attached hydrogens (tertiary/aromatic N) is 2. The molecule has 1 heterocycles. The van der Waals surface area contributed by atoms with Crippen LogP contribution in [-0.4, -0.2) is 21.4 Å². The number of nitrogen functional groups attached to an aromatic ring is 1. The summed E-state index contributed by atoms with van der Waals surface area (Å²) in [6.07, 6.45) is 0.192. The van der Waals surface area contributed by atoms with E-state index in [4.69, 9.17) is 11.5 Å². The van der Waals surface area contributed by atoms with Crippen molar-refractivity contribution in [1.82, 2.24) is 9.97 Å². The first-order chi connectivity index (χ1) is 9.85. The smallest absolute Gasteiger partial charge is 0.219 e. The maximum absolute atomic E-state index is 11.1. The zero-order valence-corrected chi connectivity index (χ0v) is 12.1. The molecule has 0 aliphatic carbocycles. The number of aromatic nitrogens is 2. The molecule has 0 bridgehead atoms. The van der Waals surface area contributed by atoms with E-state index >= 15 is 0 Å². The van der Waals surface area contributed by atoms with E-state index < -0.39 is 5.54 Å². The highest BCUT2D eigenvalue weighted by Crippen LogP contribution is 2.22. The molecule has 0 saturated carbocycles. The van der Waals surface area contributed by atoms with Crippen LogP contribution in [0.2, 0.25) is 0 Å². The van der Waals surface area contributed by atoms with E-state index in [1.165, 1.54) is 0 Å². The molecule has 2 rings (SSSR count). The van der Waals surface area contributed by atoms with E-state index in [1.54, 1.807) is 6.07 Å². The molecule has 5 N–H and O–H groups in total. The van der Waals surface area contributed by atoms with Gasteiger partial charge in [-0.25, -0.2) is 9.97 Å². The SMILES string of the molecule is CC(C)(CC(N)=O)Nc1cc(N)nc(-c2ccccc2)n1. The average molecular weight is 285 g/mol. The van der Waals surface area contributed by atoms with Gasteiger partial charge < -0.3 is 16.8 Å². The number of benzene rings is 1. The van der Waals surface area contributed by atoms with E-state index in [-0.39, 0.29) is 12.3 Å². The fourth-order valence-corrected chi connectivity index (χ4v) is 2.07. The number of hydrogen-bond donors (Lipinski definition) is 3. The topological polar surface area (TPSA) is 107 Å². The zero-order chi connectivity index (χ0) is 15.5. The van der Waals surface area contributed by atoms with Crippen molar-refractivity contribution < 1.29 is 4.79 Å². The van der Waals surface area contributed by atoms with Crippen LogP contribution in [0, 0.1) is 0 Å². The number of anilines is 2. The molecular weight excluding hydrogens is 266 g/mol. The van der Waals surface area contributed by atoms with Crippen LogP contribution in [0.25, 0.3) is 11.4 Å². The zero-order valence-electron chi connectivity index (χ0n) is 12.1. The highest BCUT2D eigenvalue weighted by atomic mass is 16.1. The van der Waals surface area contributed by atoms with Gasteiger partial charge in [0.25, 0.3) is 0 Å². The van der Waals surface area contributed by atoms with Crippen molar-refractivity contribution in [2.75, 3.05) is 11.1 Å². The number of nitrogens with two attached hydrogens (primary N) is 2. The van der Waals surface area contributed by atoms with Gasteiger partial charge in [-0.2, -0.15) is 0 Å². The van der Waals surface area contributed by atoms with Crippen LogP contribution in [0.5, 0.6) is 0 Å². The predicted molar refractivity (Wildman–Crippen MR) is 83.4 cm³/mol. The summed E-state index contributed by atoms with van der Waals surface area (Å²) in [6.45, 7) is 3.75. The van der Waals surface area contributed by atoms with Crippen LogP contribution in [0.1, 0.15) is 20.3 Å². The summed E-state index contributed by atoms with van der Waals surface area (Å²) in [5.41, 5.74) is 11.4. The molecule has 110 valence electrons. The van der Waals surface area contributed by atoms with Gasteiger partial charge >= 0.3 is 0 Å². The Kier molecular flexibility index (Phi) is 4.07. The van der Waals surface area contributed by atoms with Crippen LogP contribution < -0.4 is 16.8 Å². The maximum Gasteiger partial charge on any atom is 0.219 e. The van der Waals surface area contributed by atoms with Gasteiger partial charge in [-0.15, -0.1) is 0 Å². The summed E-state index contributed by atoms with van der Waals surface area (Å²) in [4.78, 5) is 19.8. The summed E-state index contributed by atoms with van der Waals surface area (Å²) in [6, 6.07) is 11.2. The largest absolute Gasteiger partial charge is 0.384 e. The van der Waals surface area contributed by atoms with Crippen molar-refractivity contribution in [2.24, 2.45) is 5.73 Å². The molecule has 1 amide bonds. The Labute approximate surface area is 123 Å². The molecule has 0 unspecified atom stereocenters. The van der Waals surface area contributed by atoms with Crippen molar-refractivity contribution in [3.63, 3.8) is 0 Å². The third kappa shape index (κ3) is 4.17. The number of hydrogen-bond acceptors (Lipinski definition) is 5. The number of nitrogens with one attached hydrogen (secondary N) is 1. The molecule has 0 saturated heterocycles. The average Bonchev–Trinajstić information content (AvgIpc) is 2.36. The van der Waals surface area contributed by atoms with E-state index in [0.717, 1.165) is 5.56 Å². The lowest BCUT2D eigenvalue weighted by molar-refractivity contribution is -0.118. The van der Waals surface area contributed by atoms with E-state index in [0.29, 0.717) is 17.5 Å². The molecular formula is C15H19N5O. The minimum Gasteiger partial charge on any atom is -0.384 e. The first-order valence-electron chi connectivity index (χ1n) is 6.62. The van der Waals surface area contributed by atoms with E-state index in [1.807, 2.05) is 44.2 Å². The quantitative estimate of drug-likeness (QED) is 0.776. The van der Waals surface area contributed by atoms with Gasteiger partial charge in [-0.1, -0.05) is 30.3 Å². The van der Waals surface area contributed by atoms with Crippen LogP contribution in [0.3, 0.4) is 0 Å². The van der Waals surface area contributed by atoms with Crippen molar-refractivity contribution >= 4 is 17.5 Å². The second-order valence-electron chi connectivity index (χ2n) is 5.52. The predicted octanol–water partition coefficient (Wildman–Crippen LogP) is 1.79. The van der Waals surface area contributed by atoms with Crippen molar-refractivity contribution in [3.05, 3.63) is 36.4 Å². The van der Waals surface area contributed by atoms with Crippen molar-refractivity contribution in [2.45, 2.75) is 25.8 Å². The highest BCUT2D eigenvalue weighted by Gasteiger charge is 2.21. The van der Waals surface area contributed by atoms with Crippen LogP contribution in [0.4, 0.5) is 11.6 Å². The molecule has 6 heteroatoms. The standard InChI is InChI=1S/C15H19N5O/c1-15(2,9-12(17)21)20-13-8-11(16)18-14(19-13)10-6-4-3-5-7-10/h3-8H,9H2,1-2H3,(H2,17,21)(H3,16,18,19,20). The normalized spacial score (nSPS) is 11.1. The number of carbonyl (C=O) groups excluding carboxylic acids is 1. The lowest BCUT2D eigenvalue weighted by atomic mass is 10.0. The summed E-state index contributed by atoms with van der Waals surface area (Å²) in [7, 11) is 0. The van der Waals surface area contributed by atoms with Crippen molar-refractivity contribution in [1.29, 1.82) is 0 Å². The molecule has 0 aliphatic rings. The second kappa shape index (κ2) is 5.78. The molecule has 1 aromatic carbocycles. The van der Waals surface area contributed by atoms with Gasteiger partial charge in [0.05, 0.1) is 0 Å². The number of amides is 1. The molecule has 2 aromatic rings. The molecule has 21 heavy (non-hydrogen) atoms. The van der Waals surface area contributed by atoms with E-state index in [9.17, 15) is 4.79 Å². The lowest BCUT2D eigenvalue weighted by Crippen LogP contribution is -2.36. The molecule has 6 nitrogen and oxygen atoms in total. The molecule has 1 aromatic heterocycles. The fraction of sp³-hybridized carbons (Fsp3) is 0.267. The first-order valence-corrected chi connectivity index (χ1v) is 6.62. The summed E-state index contributed by atoms with van der Waals surface area (Å²) in [5, 5.41) is 3.17. The van der Waals surface area contributed by atoms with Gasteiger partial charge in [-0.05, 0) is 13.8 Å². The summed E-state index contributed by atoms with van der Waals surface area (Å²) < 4.78 is 0. The Bertz CT molecular complexity index is 640. The maximum atomic E-state index is 11.1. The molecule has 0 atom stereocenters. The molecule has 0 spiro atoms. The van der Waals surface area contributed by atoms with Crippen LogP contribution >= 0.6 is 0 Å². The summed E-state index contributed by atoms with van der Waals surface area (Å²) in [5.74, 6) is 1.08. The second-order valence-corrected chi connectivity index (χ2v) is 5.52. The minimum absolute atomic E-state index is 0.192. The highest BCUT2D eigenvalue weighted by molar-refractivity contribution is 5.75. The number of primary amides is 1. The monoisotopic (exact) mass is 285 g/mol. The number of rotatable bonds is 5. The summed E-state index contributed by atoms with van der Waals surface area (Å²) >= 11 is 0. The third-order valence-corrected chi connectivity index (χ3v) is 2.86. The molecule has 0 fully saturated rings. The van der Waals surface area contributed by atoms with Gasteiger partial charge in [0, 0.05) is 23.6 Å². The fourth-order valence-electron chi connectivity index (χ4n) is 2.07. The Morgan fingerprint density at radius 1 is 1.24 bits per heavy atom. The Morgan fingerprint density at radius 3 is 2.52 bits per heavy atom. The lowest BCUT2D eigenvalue weighted by Gasteiger charge is -2.25. The van der Waals surface area contributed by atoms with Gasteiger partial charge in [0.1, 0.15) is 11.6 Å².